The number of aromatic amines is 1. The van der Waals surface area contributed by atoms with Gasteiger partial charge in [0.05, 0.1) is 12.6 Å². The van der Waals surface area contributed by atoms with Gasteiger partial charge in [-0.15, -0.1) is 0 Å². The van der Waals surface area contributed by atoms with Gasteiger partial charge in [-0.25, -0.2) is 9.97 Å². The third-order valence-corrected chi connectivity index (χ3v) is 3.75. The highest BCUT2D eigenvalue weighted by Crippen LogP contribution is 2.30. The van der Waals surface area contributed by atoms with Crippen molar-refractivity contribution in [2.75, 3.05) is 6.54 Å². The predicted molar refractivity (Wildman–Crippen MR) is 69.1 cm³/mol. The van der Waals surface area contributed by atoms with Crippen molar-refractivity contribution in [3.8, 4) is 0 Å². The molecule has 1 saturated heterocycles. The molecule has 0 aliphatic carbocycles. The molecule has 1 aliphatic heterocycles. The fourth-order valence-corrected chi connectivity index (χ4v) is 2.78. The molecule has 3 heterocycles. The van der Waals surface area contributed by atoms with Gasteiger partial charge < -0.3 is 4.98 Å². The Balaban J connectivity index is 1.79. The van der Waals surface area contributed by atoms with Crippen molar-refractivity contribution in [3.63, 3.8) is 0 Å². The number of likely N-dealkylation sites (tertiary alicyclic amines) is 1. The third-order valence-electron chi connectivity index (χ3n) is 3.75. The molecule has 3 rings (SSSR count). The van der Waals surface area contributed by atoms with Crippen LogP contribution in [0.2, 0.25) is 0 Å². The Hall–Kier alpha value is -1.76. The molecule has 7 heteroatoms. The zero-order valence-corrected chi connectivity index (χ0v) is 11.0. The second-order valence-electron chi connectivity index (χ2n) is 4.98. The summed E-state index contributed by atoms with van der Waals surface area (Å²) in [5, 5.41) is 0. The van der Waals surface area contributed by atoms with Crippen molar-refractivity contribution in [1.29, 1.82) is 0 Å². The smallest absolute Gasteiger partial charge is 0.319 e. The molecule has 5 nitrogen and oxygen atoms in total. The van der Waals surface area contributed by atoms with E-state index in [2.05, 4.69) is 19.9 Å². The molecule has 0 radical (unpaired) electrons. The lowest BCUT2D eigenvalue weighted by atomic mass is 10.0. The number of alkyl halides is 2. The zero-order chi connectivity index (χ0) is 13.9. The monoisotopic (exact) mass is 281 g/mol. The van der Waals surface area contributed by atoms with Crippen molar-refractivity contribution in [2.24, 2.45) is 0 Å². The Bertz CT molecular complexity index is 537. The van der Waals surface area contributed by atoms with E-state index >= 15 is 0 Å². The van der Waals surface area contributed by atoms with Crippen LogP contribution in [-0.2, 0) is 6.54 Å². The zero-order valence-electron chi connectivity index (χ0n) is 11.0. The second kappa shape index (κ2) is 5.70. The summed E-state index contributed by atoms with van der Waals surface area (Å²) in [4.78, 5) is 13.7. The number of piperidine rings is 1. The summed E-state index contributed by atoms with van der Waals surface area (Å²) >= 11 is 0. The molecule has 0 aromatic carbocycles. The minimum absolute atomic E-state index is 0.154. The van der Waals surface area contributed by atoms with E-state index < -0.39 is 6.55 Å². The minimum Gasteiger partial charge on any atom is -0.347 e. The number of nitrogens with zero attached hydrogens (tertiary/aromatic N) is 4. The highest BCUT2D eigenvalue weighted by atomic mass is 19.3. The van der Waals surface area contributed by atoms with Gasteiger partial charge in [-0.05, 0) is 19.4 Å². The first-order valence-electron chi connectivity index (χ1n) is 6.79. The molecule has 1 N–H and O–H groups in total. The number of halogens is 2. The van der Waals surface area contributed by atoms with Gasteiger partial charge in [0.1, 0.15) is 11.6 Å². The van der Waals surface area contributed by atoms with Crippen molar-refractivity contribution >= 4 is 0 Å². The van der Waals surface area contributed by atoms with E-state index in [4.69, 9.17) is 0 Å². The molecular formula is C13H17F2N5. The van der Waals surface area contributed by atoms with Crippen LogP contribution in [0.25, 0.3) is 0 Å². The van der Waals surface area contributed by atoms with Crippen molar-refractivity contribution in [2.45, 2.75) is 38.4 Å². The topological polar surface area (TPSA) is 49.7 Å². The van der Waals surface area contributed by atoms with E-state index in [1.807, 2.05) is 0 Å². The summed E-state index contributed by atoms with van der Waals surface area (Å²) in [6, 6.07) is 0.154. The van der Waals surface area contributed by atoms with Crippen LogP contribution in [0.5, 0.6) is 0 Å². The SMILES string of the molecule is FC(F)n1ccnc1CN1CCCC[C@H]1c1ncc[nH]1. The molecule has 0 amide bonds. The summed E-state index contributed by atoms with van der Waals surface area (Å²) in [6.07, 6.45) is 9.46. The summed E-state index contributed by atoms with van der Waals surface area (Å²) in [5.74, 6) is 1.30. The van der Waals surface area contributed by atoms with E-state index in [9.17, 15) is 8.78 Å². The summed E-state index contributed by atoms with van der Waals surface area (Å²) < 4.78 is 26.7. The molecular weight excluding hydrogens is 264 g/mol. The predicted octanol–water partition coefficient (Wildman–Crippen LogP) is 2.73. The van der Waals surface area contributed by atoms with E-state index in [1.165, 1.54) is 12.4 Å². The fraction of sp³-hybridized carbons (Fsp3) is 0.538. The third kappa shape index (κ3) is 2.58. The lowest BCUT2D eigenvalue weighted by molar-refractivity contribution is 0.0590. The van der Waals surface area contributed by atoms with Crippen LogP contribution in [-0.4, -0.2) is 31.0 Å². The molecule has 1 fully saturated rings. The van der Waals surface area contributed by atoms with Gasteiger partial charge in [0.2, 0.25) is 0 Å². The Morgan fingerprint density at radius 3 is 2.95 bits per heavy atom. The summed E-state index contributed by atoms with van der Waals surface area (Å²) in [6.45, 7) is -1.25. The van der Waals surface area contributed by atoms with E-state index in [0.717, 1.165) is 36.2 Å². The summed E-state index contributed by atoms with van der Waals surface area (Å²) in [7, 11) is 0. The molecule has 20 heavy (non-hydrogen) atoms. The normalized spacial score (nSPS) is 20.6. The molecule has 0 saturated carbocycles. The maximum Gasteiger partial charge on any atom is 0.319 e. The van der Waals surface area contributed by atoms with Gasteiger partial charge >= 0.3 is 6.55 Å². The Kier molecular flexibility index (Phi) is 3.77. The van der Waals surface area contributed by atoms with Crippen LogP contribution in [0.1, 0.15) is 43.5 Å². The molecule has 0 bridgehead atoms. The van der Waals surface area contributed by atoms with Crippen molar-refractivity contribution in [1.82, 2.24) is 24.4 Å². The Morgan fingerprint density at radius 2 is 2.20 bits per heavy atom. The number of hydrogen-bond donors (Lipinski definition) is 1. The fourth-order valence-electron chi connectivity index (χ4n) is 2.78. The van der Waals surface area contributed by atoms with Gasteiger partial charge in [0, 0.05) is 24.8 Å². The number of hydrogen-bond acceptors (Lipinski definition) is 3. The average Bonchev–Trinajstić information content (AvgIpc) is 3.09. The maximum absolute atomic E-state index is 12.9. The van der Waals surface area contributed by atoms with Gasteiger partial charge in [-0.1, -0.05) is 6.42 Å². The van der Waals surface area contributed by atoms with Crippen LogP contribution in [0.15, 0.2) is 24.8 Å². The lowest BCUT2D eigenvalue weighted by Gasteiger charge is -2.34. The summed E-state index contributed by atoms with van der Waals surface area (Å²) in [5.41, 5.74) is 0. The van der Waals surface area contributed by atoms with E-state index in [0.29, 0.717) is 12.4 Å². The van der Waals surface area contributed by atoms with Gasteiger partial charge in [0.25, 0.3) is 0 Å². The van der Waals surface area contributed by atoms with Gasteiger partial charge in [-0.3, -0.25) is 9.47 Å². The molecule has 2 aromatic heterocycles. The highest BCUT2D eigenvalue weighted by molar-refractivity contribution is 5.01. The maximum atomic E-state index is 12.9. The number of imidazole rings is 2. The van der Waals surface area contributed by atoms with Crippen LogP contribution in [0.4, 0.5) is 8.78 Å². The van der Waals surface area contributed by atoms with Gasteiger partial charge in [-0.2, -0.15) is 8.78 Å². The number of nitrogens with one attached hydrogen (secondary N) is 1. The minimum atomic E-state index is -2.54. The quantitative estimate of drug-likeness (QED) is 0.937. The molecule has 0 spiro atoms. The standard InChI is InChI=1S/C13H17F2N5/c14-13(15)20-8-6-16-11(20)9-19-7-2-1-3-10(19)12-17-4-5-18-12/h4-6,8,10,13H,1-3,7,9H2,(H,17,18)/t10-/m0/s1. The van der Waals surface area contributed by atoms with Crippen molar-refractivity contribution in [3.05, 3.63) is 36.4 Å². The van der Waals surface area contributed by atoms with E-state index in [-0.39, 0.29) is 6.04 Å². The van der Waals surface area contributed by atoms with Crippen molar-refractivity contribution < 1.29 is 8.78 Å². The molecule has 108 valence electrons. The van der Waals surface area contributed by atoms with Crippen LogP contribution in [0.3, 0.4) is 0 Å². The largest absolute Gasteiger partial charge is 0.347 e. The van der Waals surface area contributed by atoms with Crippen LogP contribution >= 0.6 is 0 Å². The molecule has 0 unspecified atom stereocenters. The number of rotatable bonds is 4. The molecule has 1 aliphatic rings. The first kappa shape index (κ1) is 13.2. The Morgan fingerprint density at radius 1 is 1.30 bits per heavy atom. The molecule has 1 atom stereocenters. The van der Waals surface area contributed by atoms with Crippen LogP contribution < -0.4 is 0 Å². The second-order valence-corrected chi connectivity index (χ2v) is 4.98. The molecule has 2 aromatic rings. The van der Waals surface area contributed by atoms with E-state index in [1.54, 1.807) is 12.4 Å². The first-order valence-corrected chi connectivity index (χ1v) is 6.79. The number of H-pyrrole nitrogens is 1. The van der Waals surface area contributed by atoms with Gasteiger partial charge in [0.15, 0.2) is 0 Å². The highest BCUT2D eigenvalue weighted by Gasteiger charge is 2.27. The van der Waals surface area contributed by atoms with Crippen LogP contribution in [0, 0.1) is 0 Å². The first-order chi connectivity index (χ1) is 9.75. The number of aromatic nitrogens is 4. The lowest BCUT2D eigenvalue weighted by Crippen LogP contribution is -2.34. The average molecular weight is 281 g/mol. The Labute approximate surface area is 115 Å².